The molecule has 2 aliphatic heterocycles. The number of aryl methyl sites for hydroxylation is 1. The third-order valence-electron chi connectivity index (χ3n) is 7.54. The lowest BCUT2D eigenvalue weighted by Crippen LogP contribution is -2.57. The second-order valence-corrected chi connectivity index (χ2v) is 11.0. The number of rotatable bonds is 6. The summed E-state index contributed by atoms with van der Waals surface area (Å²) in [4.78, 5) is 46.5. The third kappa shape index (κ3) is 5.14. The molecule has 3 heterocycles. The Morgan fingerprint density at radius 3 is 2.37 bits per heavy atom. The maximum absolute atomic E-state index is 13.9. The molecular weight excluding hydrogens is 460 g/mol. The molecule has 7 nitrogen and oxygen atoms in total. The van der Waals surface area contributed by atoms with Gasteiger partial charge in [-0.2, -0.15) is 0 Å². The van der Waals surface area contributed by atoms with E-state index in [1.165, 1.54) is 0 Å². The van der Waals surface area contributed by atoms with Crippen molar-refractivity contribution in [2.75, 3.05) is 31.1 Å². The summed E-state index contributed by atoms with van der Waals surface area (Å²) in [6, 6.07) is 11.9. The Balaban J connectivity index is 1.31. The minimum Gasteiger partial charge on any atom is -0.352 e. The van der Waals surface area contributed by atoms with Gasteiger partial charge in [0.05, 0.1) is 18.0 Å². The molecule has 0 radical (unpaired) electrons. The van der Waals surface area contributed by atoms with E-state index in [2.05, 4.69) is 10.2 Å². The number of carbonyl (C=O) groups is 3. The van der Waals surface area contributed by atoms with Crippen LogP contribution >= 0.6 is 11.3 Å². The Labute approximate surface area is 211 Å². The predicted octanol–water partition coefficient (Wildman–Crippen LogP) is 3.35. The van der Waals surface area contributed by atoms with Crippen molar-refractivity contribution in [2.24, 2.45) is 5.92 Å². The maximum Gasteiger partial charge on any atom is 0.237 e. The highest BCUT2D eigenvalue weighted by Crippen LogP contribution is 2.42. The van der Waals surface area contributed by atoms with E-state index in [1.807, 2.05) is 65.4 Å². The number of benzene rings is 1. The van der Waals surface area contributed by atoms with Crippen LogP contribution in [0.4, 0.5) is 5.69 Å². The molecule has 35 heavy (non-hydrogen) atoms. The first-order valence-electron chi connectivity index (χ1n) is 12.7. The fourth-order valence-electron chi connectivity index (χ4n) is 5.23. The number of carbonyl (C=O) groups excluding carboxylic acids is 3. The highest BCUT2D eigenvalue weighted by molar-refractivity contribution is 7.10. The van der Waals surface area contributed by atoms with E-state index >= 15 is 0 Å². The zero-order valence-electron chi connectivity index (χ0n) is 20.5. The van der Waals surface area contributed by atoms with Crippen molar-refractivity contribution in [3.8, 4) is 0 Å². The molecule has 1 N–H and O–H groups in total. The van der Waals surface area contributed by atoms with E-state index in [0.29, 0.717) is 45.1 Å². The number of piperidine rings is 1. The van der Waals surface area contributed by atoms with Gasteiger partial charge in [0.25, 0.3) is 0 Å². The van der Waals surface area contributed by atoms with Gasteiger partial charge in [0.2, 0.25) is 17.7 Å². The quantitative estimate of drug-likeness (QED) is 0.669. The standard InChI is InChI=1S/C27H34N4O3S/c1-18-5-9-21(10-6-18)31-24(32)12-11-22(25(31)23-4-3-17-35-23)27(34)30-15-13-29(14-16-30)19(2)26(33)28-20-7-8-20/h3-6,9-10,17,19-20,22,25H,7-8,11-16H2,1-2H3,(H,28,33). The van der Waals surface area contributed by atoms with Gasteiger partial charge in [0.15, 0.2) is 0 Å². The van der Waals surface area contributed by atoms with E-state index in [9.17, 15) is 14.4 Å². The van der Waals surface area contributed by atoms with Crippen LogP contribution in [0.2, 0.25) is 0 Å². The Morgan fingerprint density at radius 1 is 1.03 bits per heavy atom. The lowest BCUT2D eigenvalue weighted by atomic mass is 9.85. The van der Waals surface area contributed by atoms with Crippen LogP contribution in [0.3, 0.4) is 0 Å². The van der Waals surface area contributed by atoms with E-state index in [4.69, 9.17) is 0 Å². The number of nitrogens with one attached hydrogen (secondary N) is 1. The van der Waals surface area contributed by atoms with Crippen molar-refractivity contribution in [3.63, 3.8) is 0 Å². The van der Waals surface area contributed by atoms with Crippen molar-refractivity contribution >= 4 is 34.7 Å². The summed E-state index contributed by atoms with van der Waals surface area (Å²) >= 11 is 1.60. The second-order valence-electron chi connectivity index (χ2n) is 10.0. The number of amides is 3. The van der Waals surface area contributed by atoms with Gasteiger partial charge in [-0.25, -0.2) is 0 Å². The molecule has 3 amide bonds. The van der Waals surface area contributed by atoms with Crippen LogP contribution in [-0.2, 0) is 14.4 Å². The molecule has 1 aromatic carbocycles. The number of anilines is 1. The van der Waals surface area contributed by atoms with E-state index < -0.39 is 0 Å². The van der Waals surface area contributed by atoms with Gasteiger partial charge in [0, 0.05) is 49.2 Å². The molecule has 1 saturated carbocycles. The topological polar surface area (TPSA) is 73.0 Å². The molecular formula is C27H34N4O3S. The minimum atomic E-state index is -0.298. The fraction of sp³-hybridized carbons (Fsp3) is 0.519. The van der Waals surface area contributed by atoms with Gasteiger partial charge in [-0.05, 0) is 56.7 Å². The molecule has 1 aromatic heterocycles. The Bertz CT molecular complexity index is 1060. The minimum absolute atomic E-state index is 0.0663. The summed E-state index contributed by atoms with van der Waals surface area (Å²) in [5, 5.41) is 5.10. The summed E-state index contributed by atoms with van der Waals surface area (Å²) in [7, 11) is 0. The number of nitrogens with zero attached hydrogens (tertiary/aromatic N) is 3. The van der Waals surface area contributed by atoms with Crippen LogP contribution in [0.5, 0.6) is 0 Å². The summed E-state index contributed by atoms with van der Waals surface area (Å²) in [5.74, 6) is -0.0151. The van der Waals surface area contributed by atoms with Gasteiger partial charge in [-0.1, -0.05) is 23.8 Å². The summed E-state index contributed by atoms with van der Waals surface area (Å²) in [6.07, 6.45) is 3.08. The van der Waals surface area contributed by atoms with Crippen LogP contribution in [0.25, 0.3) is 0 Å². The first kappa shape index (κ1) is 24.0. The molecule has 0 spiro atoms. The highest BCUT2D eigenvalue weighted by atomic mass is 32.1. The van der Waals surface area contributed by atoms with Crippen LogP contribution in [-0.4, -0.2) is 65.8 Å². The summed E-state index contributed by atoms with van der Waals surface area (Å²) in [5.41, 5.74) is 1.98. The monoisotopic (exact) mass is 494 g/mol. The summed E-state index contributed by atoms with van der Waals surface area (Å²) < 4.78 is 0. The van der Waals surface area contributed by atoms with Crippen molar-refractivity contribution in [1.82, 2.24) is 15.1 Å². The lowest BCUT2D eigenvalue weighted by Gasteiger charge is -2.44. The van der Waals surface area contributed by atoms with Crippen LogP contribution < -0.4 is 10.2 Å². The SMILES string of the molecule is Cc1ccc(N2C(=O)CCC(C(=O)N3CCN(C(C)C(=O)NC4CC4)CC3)C2c2cccs2)cc1. The Morgan fingerprint density at radius 2 is 1.74 bits per heavy atom. The van der Waals surface area contributed by atoms with Gasteiger partial charge in [-0.15, -0.1) is 11.3 Å². The zero-order valence-corrected chi connectivity index (χ0v) is 21.3. The van der Waals surface area contributed by atoms with Crippen molar-refractivity contribution in [3.05, 3.63) is 52.2 Å². The van der Waals surface area contributed by atoms with Crippen molar-refractivity contribution < 1.29 is 14.4 Å². The number of piperazine rings is 1. The second kappa shape index (κ2) is 10.1. The zero-order chi connectivity index (χ0) is 24.5. The Kier molecular flexibility index (Phi) is 6.93. The lowest BCUT2D eigenvalue weighted by molar-refractivity contribution is -0.140. The van der Waals surface area contributed by atoms with Crippen molar-refractivity contribution in [2.45, 2.75) is 57.7 Å². The molecule has 3 atom stereocenters. The maximum atomic E-state index is 13.9. The molecule has 2 saturated heterocycles. The Hall–Kier alpha value is -2.71. The largest absolute Gasteiger partial charge is 0.352 e. The molecule has 0 bridgehead atoms. The first-order chi connectivity index (χ1) is 16.9. The van der Waals surface area contributed by atoms with Gasteiger partial charge < -0.3 is 15.1 Å². The van der Waals surface area contributed by atoms with Crippen LogP contribution in [0.15, 0.2) is 41.8 Å². The molecule has 2 aromatic rings. The van der Waals surface area contributed by atoms with Gasteiger partial charge in [0.1, 0.15) is 0 Å². The van der Waals surface area contributed by atoms with Crippen molar-refractivity contribution in [1.29, 1.82) is 0 Å². The molecule has 3 unspecified atom stereocenters. The molecule has 8 heteroatoms. The average Bonchev–Trinajstić information content (AvgIpc) is 3.52. The summed E-state index contributed by atoms with van der Waals surface area (Å²) in [6.45, 7) is 6.55. The number of hydrogen-bond acceptors (Lipinski definition) is 5. The highest BCUT2D eigenvalue weighted by Gasteiger charge is 2.44. The first-order valence-corrected chi connectivity index (χ1v) is 13.6. The van der Waals surface area contributed by atoms with Crippen LogP contribution in [0, 0.1) is 12.8 Å². The smallest absolute Gasteiger partial charge is 0.237 e. The average molecular weight is 495 g/mol. The van der Waals surface area contributed by atoms with E-state index in [1.54, 1.807) is 11.3 Å². The van der Waals surface area contributed by atoms with Gasteiger partial charge in [-0.3, -0.25) is 19.3 Å². The van der Waals surface area contributed by atoms with E-state index in [-0.39, 0.29) is 35.7 Å². The molecule has 3 fully saturated rings. The van der Waals surface area contributed by atoms with E-state index in [0.717, 1.165) is 29.0 Å². The van der Waals surface area contributed by atoms with Gasteiger partial charge >= 0.3 is 0 Å². The fourth-order valence-corrected chi connectivity index (χ4v) is 6.11. The predicted molar refractivity (Wildman–Crippen MR) is 137 cm³/mol. The number of thiophene rings is 1. The molecule has 186 valence electrons. The molecule has 3 aliphatic rings. The molecule has 5 rings (SSSR count). The molecule has 1 aliphatic carbocycles. The van der Waals surface area contributed by atoms with Crippen LogP contribution in [0.1, 0.15) is 49.1 Å². The normalized spacial score (nSPS) is 24.3. The third-order valence-corrected chi connectivity index (χ3v) is 8.48. The number of hydrogen-bond donors (Lipinski definition) is 1.